The number of nitrogens with one attached hydrogen (secondary N) is 1. The van der Waals surface area contributed by atoms with Crippen molar-refractivity contribution in [2.45, 2.75) is 26.4 Å². The number of carbonyl (C=O) groups is 1. The maximum absolute atomic E-state index is 12.7. The lowest BCUT2D eigenvalue weighted by molar-refractivity contribution is 0.0991. The van der Waals surface area contributed by atoms with Gasteiger partial charge in [0.05, 0.1) is 12.8 Å². The molecule has 2 aromatic heterocycles. The molecule has 3 N–H and O–H groups in total. The lowest BCUT2D eigenvalue weighted by Gasteiger charge is -2.22. The lowest BCUT2D eigenvalue weighted by Crippen LogP contribution is -2.27. The van der Waals surface area contributed by atoms with Gasteiger partial charge in [-0.15, -0.1) is 10.2 Å². The summed E-state index contributed by atoms with van der Waals surface area (Å²) in [5, 5.41) is 10.9. The van der Waals surface area contributed by atoms with Crippen molar-refractivity contribution in [2.75, 3.05) is 30.4 Å². The quantitative estimate of drug-likeness (QED) is 0.430. The number of amides is 1. The van der Waals surface area contributed by atoms with Crippen molar-refractivity contribution in [1.29, 1.82) is 0 Å². The molecule has 13 heteroatoms. The highest BCUT2D eigenvalue weighted by Gasteiger charge is 2.30. The normalized spacial score (nSPS) is 17.7. The van der Waals surface area contributed by atoms with Crippen LogP contribution in [-0.2, 0) is 4.43 Å². The number of anilines is 2. The molecule has 3 rings (SSSR count). The van der Waals surface area contributed by atoms with Crippen LogP contribution < -0.4 is 26.3 Å². The van der Waals surface area contributed by atoms with E-state index in [-0.39, 0.29) is 28.7 Å². The standard InChI is InChI=1S/C19H23N6O5SSi/c1-10(4-6-20)21-18-23-24-19(31-18)22-16(26)14-8-13(15(28-3)17(27)29-14)25-7-5-12(9-25)11(2)30-32/h4,6,8,11-12H,5,7,9,20H2,1-3H3,(H,22,24,26)/t11?,12-/m0/s1. The number of allylic oxidation sites excluding steroid dienone is 1. The highest BCUT2D eigenvalue weighted by molar-refractivity contribution is 7.18. The van der Waals surface area contributed by atoms with Gasteiger partial charge in [-0.1, -0.05) is 11.3 Å². The van der Waals surface area contributed by atoms with E-state index in [0.717, 1.165) is 17.8 Å². The van der Waals surface area contributed by atoms with Gasteiger partial charge in [-0.25, -0.2) is 9.79 Å². The largest absolute Gasteiger partial charge is 0.488 e. The molecule has 0 bridgehead atoms. The number of aromatic nitrogens is 2. The van der Waals surface area contributed by atoms with Gasteiger partial charge in [-0.2, -0.15) is 0 Å². The zero-order chi connectivity index (χ0) is 23.3. The summed E-state index contributed by atoms with van der Waals surface area (Å²) in [7, 11) is 4.47. The maximum Gasteiger partial charge on any atom is 0.381 e. The Morgan fingerprint density at radius 1 is 1.53 bits per heavy atom. The first-order chi connectivity index (χ1) is 15.4. The average Bonchev–Trinajstić information content (AvgIpc) is 3.42. The fraction of sp³-hybridized carbons (Fsp3) is 0.421. The van der Waals surface area contributed by atoms with Crippen LogP contribution in [0.15, 0.2) is 32.5 Å². The number of nitrogens with two attached hydrogens (primary N) is 1. The zero-order valence-electron chi connectivity index (χ0n) is 17.8. The van der Waals surface area contributed by atoms with Crippen molar-refractivity contribution in [3.8, 4) is 5.75 Å². The first-order valence-corrected chi connectivity index (χ1v) is 11.0. The van der Waals surface area contributed by atoms with Crippen molar-refractivity contribution in [2.24, 2.45) is 16.6 Å². The third-order valence-electron chi connectivity index (χ3n) is 4.98. The molecule has 2 aromatic rings. The molecular weight excluding hydrogens is 452 g/mol. The van der Waals surface area contributed by atoms with E-state index in [2.05, 4.69) is 31.0 Å². The van der Waals surface area contributed by atoms with Crippen LogP contribution in [0, 0.1) is 5.92 Å². The van der Waals surface area contributed by atoms with E-state index in [1.54, 1.807) is 13.0 Å². The van der Waals surface area contributed by atoms with Gasteiger partial charge in [0.25, 0.3) is 5.91 Å². The fourth-order valence-corrected chi connectivity index (χ4v) is 4.15. The predicted octanol–water partition coefficient (Wildman–Crippen LogP) is 1.63. The summed E-state index contributed by atoms with van der Waals surface area (Å²) in [6.07, 6.45) is 3.83. The predicted molar refractivity (Wildman–Crippen MR) is 122 cm³/mol. The van der Waals surface area contributed by atoms with Crippen LogP contribution in [0.2, 0.25) is 0 Å². The Morgan fingerprint density at radius 3 is 3.00 bits per heavy atom. The third kappa shape index (κ3) is 5.41. The van der Waals surface area contributed by atoms with Crippen LogP contribution in [0.4, 0.5) is 16.0 Å². The molecule has 1 aliphatic rings. The van der Waals surface area contributed by atoms with E-state index >= 15 is 0 Å². The molecule has 11 nitrogen and oxygen atoms in total. The Labute approximate surface area is 191 Å². The Kier molecular flexibility index (Phi) is 7.77. The number of nitrogens with zero attached hydrogens (tertiary/aromatic N) is 4. The SMILES string of the molecule is COc1c(N2CC[C@H](C(C)O[Si])C2)cc(C(=O)Nc2nnc(N=C(C)C=CN)s2)oc1=O. The summed E-state index contributed by atoms with van der Waals surface area (Å²) < 4.78 is 15.7. The number of ether oxygens (including phenoxy) is 1. The minimum absolute atomic E-state index is 0.0104. The van der Waals surface area contributed by atoms with Gasteiger partial charge >= 0.3 is 5.63 Å². The molecule has 169 valence electrons. The van der Waals surface area contributed by atoms with Gasteiger partial charge in [-0.3, -0.25) is 10.1 Å². The van der Waals surface area contributed by atoms with Gasteiger partial charge in [0.1, 0.15) is 0 Å². The number of methoxy groups -OCH3 is 1. The minimum atomic E-state index is -0.741. The van der Waals surface area contributed by atoms with Crippen molar-refractivity contribution < 1.29 is 18.4 Å². The van der Waals surface area contributed by atoms with Gasteiger partial charge in [0.15, 0.2) is 5.76 Å². The van der Waals surface area contributed by atoms with Crippen LogP contribution in [0.5, 0.6) is 5.75 Å². The van der Waals surface area contributed by atoms with Gasteiger partial charge in [0.2, 0.25) is 26.5 Å². The van der Waals surface area contributed by atoms with E-state index < -0.39 is 11.5 Å². The summed E-state index contributed by atoms with van der Waals surface area (Å²) in [6.45, 7) is 5.04. The van der Waals surface area contributed by atoms with Crippen molar-refractivity contribution in [1.82, 2.24) is 10.2 Å². The van der Waals surface area contributed by atoms with E-state index in [1.165, 1.54) is 19.4 Å². The second kappa shape index (κ2) is 10.5. The maximum atomic E-state index is 12.7. The molecule has 1 amide bonds. The van der Waals surface area contributed by atoms with Gasteiger partial charge in [0, 0.05) is 36.9 Å². The molecule has 0 spiro atoms. The first-order valence-electron chi connectivity index (χ1n) is 9.74. The Hall–Kier alpha value is -3.03. The summed E-state index contributed by atoms with van der Waals surface area (Å²) in [5.41, 5.74) is 5.71. The molecule has 1 aliphatic heterocycles. The zero-order valence-corrected chi connectivity index (χ0v) is 19.6. The summed E-state index contributed by atoms with van der Waals surface area (Å²) >= 11 is 1.07. The van der Waals surface area contributed by atoms with Crippen LogP contribution in [0.3, 0.4) is 0 Å². The van der Waals surface area contributed by atoms with Gasteiger partial charge < -0.3 is 24.2 Å². The van der Waals surface area contributed by atoms with E-state index in [0.29, 0.717) is 29.6 Å². The van der Waals surface area contributed by atoms with Gasteiger partial charge in [-0.05, 0) is 32.5 Å². The Balaban J connectivity index is 1.81. The molecule has 1 saturated heterocycles. The Bertz CT molecular complexity index is 1080. The molecule has 1 fully saturated rings. The smallest absolute Gasteiger partial charge is 0.381 e. The van der Waals surface area contributed by atoms with Crippen LogP contribution in [-0.4, -0.2) is 58.6 Å². The Morgan fingerprint density at radius 2 is 2.31 bits per heavy atom. The molecule has 0 aliphatic carbocycles. The fourth-order valence-electron chi connectivity index (χ4n) is 3.29. The second-order valence-electron chi connectivity index (χ2n) is 7.09. The molecule has 2 atom stereocenters. The first kappa shape index (κ1) is 23.6. The summed E-state index contributed by atoms with van der Waals surface area (Å²) in [4.78, 5) is 31.4. The third-order valence-corrected chi connectivity index (χ3v) is 6.08. The number of aliphatic imine (C=N–C) groups is 1. The van der Waals surface area contributed by atoms with Crippen LogP contribution in [0.25, 0.3) is 0 Å². The van der Waals surface area contributed by atoms with Crippen molar-refractivity contribution in [3.05, 3.63) is 34.5 Å². The second-order valence-corrected chi connectivity index (χ2v) is 8.28. The van der Waals surface area contributed by atoms with Crippen LogP contribution >= 0.6 is 11.3 Å². The average molecular weight is 476 g/mol. The van der Waals surface area contributed by atoms with Crippen LogP contribution in [0.1, 0.15) is 30.8 Å². The molecule has 0 aromatic carbocycles. The monoisotopic (exact) mass is 475 g/mol. The summed E-state index contributed by atoms with van der Waals surface area (Å²) in [6, 6.07) is 1.49. The highest BCUT2D eigenvalue weighted by atomic mass is 32.1. The topological polar surface area (TPSA) is 145 Å². The number of rotatable bonds is 8. The van der Waals surface area contributed by atoms with E-state index in [4.69, 9.17) is 19.3 Å². The molecule has 32 heavy (non-hydrogen) atoms. The highest BCUT2D eigenvalue weighted by Crippen LogP contribution is 2.32. The minimum Gasteiger partial charge on any atom is -0.488 e. The van der Waals surface area contributed by atoms with E-state index in [9.17, 15) is 9.59 Å². The molecule has 0 saturated carbocycles. The van der Waals surface area contributed by atoms with E-state index in [1.807, 2.05) is 11.8 Å². The summed E-state index contributed by atoms with van der Waals surface area (Å²) in [5.74, 6) is -0.505. The van der Waals surface area contributed by atoms with Crippen molar-refractivity contribution >= 4 is 49.4 Å². The molecule has 3 heterocycles. The number of hydrogen-bond acceptors (Lipinski definition) is 11. The number of hydrogen-bond donors (Lipinski definition) is 2. The molecular formula is C19H23N6O5SSi. The lowest BCUT2D eigenvalue weighted by atomic mass is 10.0. The number of carbonyl (C=O) groups excluding carboxylic acids is 1. The molecule has 1 unspecified atom stereocenters. The van der Waals surface area contributed by atoms with Crippen molar-refractivity contribution in [3.63, 3.8) is 0 Å². The molecule has 3 radical (unpaired) electrons.